The van der Waals surface area contributed by atoms with Crippen molar-refractivity contribution >= 4 is 29.0 Å². The zero-order valence-electron chi connectivity index (χ0n) is 20.7. The van der Waals surface area contributed by atoms with E-state index in [1.807, 2.05) is 0 Å². The number of anilines is 2. The van der Waals surface area contributed by atoms with Gasteiger partial charge in [-0.2, -0.15) is 0 Å². The van der Waals surface area contributed by atoms with Crippen LogP contribution in [-0.4, -0.2) is 86.6 Å². The van der Waals surface area contributed by atoms with Gasteiger partial charge in [0.1, 0.15) is 11.4 Å². The van der Waals surface area contributed by atoms with Crippen molar-refractivity contribution in [3.05, 3.63) is 71.8 Å². The molecule has 2 fully saturated rings. The van der Waals surface area contributed by atoms with E-state index in [9.17, 15) is 14.0 Å². The van der Waals surface area contributed by atoms with Crippen LogP contribution in [0.15, 0.2) is 49.1 Å². The van der Waals surface area contributed by atoms with Crippen molar-refractivity contribution in [1.82, 2.24) is 29.4 Å². The number of hydrogen-bond acceptors (Lipinski definition) is 8. The minimum absolute atomic E-state index is 0.0591. The number of ether oxygens (including phenoxy) is 1. The molecule has 2 aliphatic heterocycles. The molecule has 0 spiro atoms. The van der Waals surface area contributed by atoms with E-state index in [1.165, 1.54) is 24.5 Å². The number of nitrogens with one attached hydrogen (secondary N) is 1. The molecular weight excluding hydrogens is 510 g/mol. The number of benzene rings is 1. The fourth-order valence-electron chi connectivity index (χ4n) is 4.83. The number of amides is 2. The van der Waals surface area contributed by atoms with Gasteiger partial charge in [0.2, 0.25) is 0 Å². The molecule has 0 bridgehead atoms. The molecule has 11 nitrogen and oxygen atoms in total. The molecule has 3 aromatic heterocycles. The quantitative estimate of drug-likeness (QED) is 0.398. The van der Waals surface area contributed by atoms with Gasteiger partial charge >= 0.3 is 0 Å². The molecule has 0 unspecified atom stereocenters. The lowest BCUT2D eigenvalue weighted by Gasteiger charge is -2.42. The number of piperazine rings is 1. The SMILES string of the molecule is Nc1nn2cc(F)cnc2c1C(=O)Nc1cnccc1-c1ccc(C(=O)N2CCN(C3COC3)CC2)cc1F. The molecular formula is C26H24F2N8O3. The third-order valence-corrected chi connectivity index (χ3v) is 7.01. The Morgan fingerprint density at radius 3 is 2.56 bits per heavy atom. The Bertz CT molecular complexity index is 1580. The van der Waals surface area contributed by atoms with Crippen LogP contribution >= 0.6 is 0 Å². The highest BCUT2D eigenvalue weighted by atomic mass is 19.1. The third-order valence-electron chi connectivity index (χ3n) is 7.01. The Morgan fingerprint density at radius 1 is 1.05 bits per heavy atom. The van der Waals surface area contributed by atoms with E-state index < -0.39 is 17.5 Å². The van der Waals surface area contributed by atoms with Crippen molar-refractivity contribution in [3.8, 4) is 11.1 Å². The molecule has 2 saturated heterocycles. The van der Waals surface area contributed by atoms with E-state index in [4.69, 9.17) is 10.5 Å². The zero-order valence-corrected chi connectivity index (χ0v) is 20.7. The summed E-state index contributed by atoms with van der Waals surface area (Å²) in [6, 6.07) is 6.24. The Morgan fingerprint density at radius 2 is 1.85 bits per heavy atom. The number of carbonyl (C=O) groups is 2. The van der Waals surface area contributed by atoms with Gasteiger partial charge in [0.15, 0.2) is 17.3 Å². The minimum Gasteiger partial charge on any atom is -0.381 e. The molecule has 0 aliphatic carbocycles. The maximum absolute atomic E-state index is 15.4. The van der Waals surface area contributed by atoms with Gasteiger partial charge in [0, 0.05) is 49.1 Å². The van der Waals surface area contributed by atoms with Gasteiger partial charge in [-0.25, -0.2) is 18.3 Å². The van der Waals surface area contributed by atoms with Gasteiger partial charge < -0.3 is 20.7 Å². The maximum Gasteiger partial charge on any atom is 0.263 e. The highest BCUT2D eigenvalue weighted by Gasteiger charge is 2.31. The first-order valence-corrected chi connectivity index (χ1v) is 12.3. The van der Waals surface area contributed by atoms with Crippen LogP contribution in [0.1, 0.15) is 20.7 Å². The van der Waals surface area contributed by atoms with Gasteiger partial charge in [-0.05, 0) is 18.2 Å². The van der Waals surface area contributed by atoms with Gasteiger partial charge in [0.05, 0.1) is 43.5 Å². The van der Waals surface area contributed by atoms with E-state index in [0.717, 1.165) is 43.2 Å². The normalized spacial score (nSPS) is 16.3. The second kappa shape index (κ2) is 10.0. The van der Waals surface area contributed by atoms with Gasteiger partial charge in [-0.1, -0.05) is 6.07 Å². The molecule has 13 heteroatoms. The van der Waals surface area contributed by atoms with Crippen LogP contribution in [0.2, 0.25) is 0 Å². The first kappa shape index (κ1) is 24.8. The summed E-state index contributed by atoms with van der Waals surface area (Å²) in [6.45, 7) is 4.08. The minimum atomic E-state index is -0.671. The second-order valence-electron chi connectivity index (χ2n) is 9.39. The third kappa shape index (κ3) is 4.66. The summed E-state index contributed by atoms with van der Waals surface area (Å²) >= 11 is 0. The van der Waals surface area contributed by atoms with Gasteiger partial charge in [-0.15, -0.1) is 5.10 Å². The summed E-state index contributed by atoms with van der Waals surface area (Å²) in [5.74, 6) is -2.32. The number of nitrogen functional groups attached to an aromatic ring is 1. The number of rotatable bonds is 5. The smallest absolute Gasteiger partial charge is 0.263 e. The molecule has 0 atom stereocenters. The van der Waals surface area contributed by atoms with E-state index in [2.05, 4.69) is 25.3 Å². The Balaban J connectivity index is 1.21. The van der Waals surface area contributed by atoms with Crippen LogP contribution in [0.4, 0.5) is 20.3 Å². The Kier molecular flexibility index (Phi) is 6.37. The lowest BCUT2D eigenvalue weighted by molar-refractivity contribution is -0.0746. The first-order valence-electron chi connectivity index (χ1n) is 12.3. The average molecular weight is 535 g/mol. The topological polar surface area (TPSA) is 131 Å². The highest BCUT2D eigenvalue weighted by molar-refractivity contribution is 6.12. The second-order valence-corrected chi connectivity index (χ2v) is 9.39. The molecule has 2 amide bonds. The number of hydrogen-bond donors (Lipinski definition) is 2. The van der Waals surface area contributed by atoms with Gasteiger partial charge in [-0.3, -0.25) is 19.5 Å². The summed E-state index contributed by atoms with van der Waals surface area (Å²) < 4.78 is 35.2. The summed E-state index contributed by atoms with van der Waals surface area (Å²) in [5, 5.41) is 6.60. The van der Waals surface area contributed by atoms with Crippen molar-refractivity contribution in [1.29, 1.82) is 0 Å². The first-order chi connectivity index (χ1) is 18.9. The zero-order chi connectivity index (χ0) is 27.1. The molecule has 0 radical (unpaired) electrons. The maximum atomic E-state index is 15.4. The standard InChI is InChI=1S/C26H24F2N8O3/c27-16-10-31-24-22(23(29)33-36(24)12-16)25(37)32-21-11-30-4-3-19(21)18-2-1-15(9-20(18)28)26(38)35-7-5-34(6-8-35)17-13-39-14-17/h1-4,9-12,17H,5-8,13-14H2,(H2,29,33)(H,32,37). The Labute approximate surface area is 221 Å². The van der Waals surface area contributed by atoms with E-state index in [0.29, 0.717) is 24.7 Å². The van der Waals surface area contributed by atoms with Crippen LogP contribution < -0.4 is 11.1 Å². The van der Waals surface area contributed by atoms with Gasteiger partial charge in [0.25, 0.3) is 11.8 Å². The fourth-order valence-corrected chi connectivity index (χ4v) is 4.83. The summed E-state index contributed by atoms with van der Waals surface area (Å²) in [7, 11) is 0. The predicted octanol–water partition coefficient (Wildman–Crippen LogP) is 2.06. The van der Waals surface area contributed by atoms with Crippen molar-refractivity contribution in [3.63, 3.8) is 0 Å². The molecule has 5 heterocycles. The van der Waals surface area contributed by atoms with Crippen LogP contribution in [0.25, 0.3) is 16.8 Å². The number of nitrogens with zero attached hydrogens (tertiary/aromatic N) is 6. The lowest BCUT2D eigenvalue weighted by Crippen LogP contribution is -2.57. The predicted molar refractivity (Wildman–Crippen MR) is 137 cm³/mol. The molecule has 6 rings (SSSR count). The van der Waals surface area contributed by atoms with Crippen LogP contribution in [0, 0.1) is 11.6 Å². The fraction of sp³-hybridized carbons (Fsp3) is 0.269. The summed E-state index contributed by atoms with van der Waals surface area (Å²) in [5.41, 5.74) is 6.87. The monoisotopic (exact) mass is 534 g/mol. The van der Waals surface area contributed by atoms with Crippen LogP contribution in [0.5, 0.6) is 0 Å². The molecule has 0 saturated carbocycles. The molecule has 3 N–H and O–H groups in total. The van der Waals surface area contributed by atoms with E-state index in [-0.39, 0.29) is 39.7 Å². The number of halogens is 2. The van der Waals surface area contributed by atoms with Crippen molar-refractivity contribution in [2.45, 2.75) is 6.04 Å². The highest BCUT2D eigenvalue weighted by Crippen LogP contribution is 2.31. The lowest BCUT2D eigenvalue weighted by atomic mass is 10.0. The molecule has 4 aromatic rings. The number of aromatic nitrogens is 4. The number of fused-ring (bicyclic) bond motifs is 1. The van der Waals surface area contributed by atoms with E-state index >= 15 is 4.39 Å². The Hall–Kier alpha value is -4.49. The van der Waals surface area contributed by atoms with Crippen molar-refractivity contribution in [2.24, 2.45) is 0 Å². The largest absolute Gasteiger partial charge is 0.381 e. The van der Waals surface area contributed by atoms with Crippen LogP contribution in [-0.2, 0) is 4.74 Å². The molecule has 2 aliphatic rings. The molecule has 200 valence electrons. The molecule has 39 heavy (non-hydrogen) atoms. The summed E-state index contributed by atoms with van der Waals surface area (Å²) in [6.07, 6.45) is 4.83. The van der Waals surface area contributed by atoms with E-state index in [1.54, 1.807) is 17.0 Å². The van der Waals surface area contributed by atoms with Crippen molar-refractivity contribution < 1.29 is 23.1 Å². The number of nitrogens with two attached hydrogens (primary N) is 1. The molecule has 1 aromatic carbocycles. The average Bonchev–Trinajstić information content (AvgIpc) is 3.23. The number of carbonyl (C=O) groups excluding carboxylic acids is 2. The van der Waals surface area contributed by atoms with Crippen LogP contribution in [0.3, 0.4) is 0 Å². The van der Waals surface area contributed by atoms with Crippen molar-refractivity contribution in [2.75, 3.05) is 50.4 Å². The number of pyridine rings is 1. The summed E-state index contributed by atoms with van der Waals surface area (Å²) in [4.78, 5) is 38.2.